The molecule has 0 saturated heterocycles. The van der Waals surface area contributed by atoms with Crippen molar-refractivity contribution in [2.45, 2.75) is 6.92 Å². The molecule has 0 aliphatic heterocycles. The van der Waals surface area contributed by atoms with Gasteiger partial charge >= 0.3 is 0 Å². The number of rotatable bonds is 2. The normalized spacial score (nSPS) is 10.6. The maximum atomic E-state index is 10.4. The molecule has 0 fully saturated rings. The van der Waals surface area contributed by atoms with Crippen LogP contribution in [-0.4, -0.2) is 5.24 Å². The molecule has 0 aliphatic rings. The highest BCUT2D eigenvalue weighted by molar-refractivity contribution is 6.66. The van der Waals surface area contributed by atoms with E-state index in [1.807, 2.05) is 19.1 Å². The van der Waals surface area contributed by atoms with Crippen molar-refractivity contribution in [3.63, 3.8) is 0 Å². The van der Waals surface area contributed by atoms with Gasteiger partial charge in [0, 0.05) is 5.69 Å². The number of allylic oxidation sites excluding steroid dienone is 1. The second-order valence-corrected chi connectivity index (χ2v) is 3.13. The molecule has 0 amide bonds. The van der Waals surface area contributed by atoms with Gasteiger partial charge in [-0.1, -0.05) is 18.2 Å². The molecular formula is C10H10ClNO. The first-order valence-corrected chi connectivity index (χ1v) is 4.21. The molecule has 0 radical (unpaired) electrons. The van der Waals surface area contributed by atoms with Crippen LogP contribution in [0.5, 0.6) is 0 Å². The van der Waals surface area contributed by atoms with Crippen LogP contribution in [0.15, 0.2) is 24.3 Å². The standard InChI is InChI=1S/C10H10ClNO/c1-7-2-3-8(6-9(7)12)4-5-10(11)13/h2-6H,12H2,1H3. The average Bonchev–Trinajstić information content (AvgIpc) is 2.07. The molecular weight excluding hydrogens is 186 g/mol. The van der Waals surface area contributed by atoms with E-state index in [1.165, 1.54) is 6.08 Å². The minimum Gasteiger partial charge on any atom is -0.398 e. The fourth-order valence-electron chi connectivity index (χ4n) is 0.924. The van der Waals surface area contributed by atoms with Gasteiger partial charge in [0.1, 0.15) is 0 Å². The molecule has 0 bridgehead atoms. The Bertz CT molecular complexity index is 358. The predicted octanol–water partition coefficient (Wildman–Crippen LogP) is 2.36. The van der Waals surface area contributed by atoms with Crippen molar-refractivity contribution in [2.24, 2.45) is 0 Å². The summed E-state index contributed by atoms with van der Waals surface area (Å²) < 4.78 is 0. The molecule has 0 heterocycles. The Morgan fingerprint density at radius 1 is 1.54 bits per heavy atom. The molecule has 1 aromatic carbocycles. The number of hydrogen-bond acceptors (Lipinski definition) is 2. The smallest absolute Gasteiger partial charge is 0.245 e. The lowest BCUT2D eigenvalue weighted by molar-refractivity contribution is -0.107. The number of nitrogens with two attached hydrogens (primary N) is 1. The molecule has 0 aliphatic carbocycles. The molecule has 68 valence electrons. The van der Waals surface area contributed by atoms with E-state index >= 15 is 0 Å². The van der Waals surface area contributed by atoms with Crippen molar-refractivity contribution in [2.75, 3.05) is 5.73 Å². The number of carbonyl (C=O) groups excluding carboxylic acids is 1. The highest BCUT2D eigenvalue weighted by Gasteiger charge is 1.93. The first kappa shape index (κ1) is 9.81. The van der Waals surface area contributed by atoms with E-state index in [9.17, 15) is 4.79 Å². The van der Waals surface area contributed by atoms with Crippen LogP contribution in [0.3, 0.4) is 0 Å². The van der Waals surface area contributed by atoms with Crippen LogP contribution in [0, 0.1) is 6.92 Å². The highest BCUT2D eigenvalue weighted by Crippen LogP contribution is 2.13. The molecule has 0 aromatic heterocycles. The first-order chi connectivity index (χ1) is 6.09. The summed E-state index contributed by atoms with van der Waals surface area (Å²) in [6.45, 7) is 1.93. The topological polar surface area (TPSA) is 43.1 Å². The van der Waals surface area contributed by atoms with Crippen LogP contribution >= 0.6 is 11.6 Å². The molecule has 3 heteroatoms. The summed E-state index contributed by atoms with van der Waals surface area (Å²) in [6, 6.07) is 5.57. The summed E-state index contributed by atoms with van der Waals surface area (Å²) >= 11 is 5.14. The summed E-state index contributed by atoms with van der Waals surface area (Å²) in [6.07, 6.45) is 2.93. The molecule has 0 atom stereocenters. The molecule has 1 aromatic rings. The summed E-state index contributed by atoms with van der Waals surface area (Å²) in [5.74, 6) is 0. The second kappa shape index (κ2) is 4.10. The van der Waals surface area contributed by atoms with Crippen LogP contribution < -0.4 is 5.73 Å². The maximum Gasteiger partial charge on any atom is 0.245 e. The Kier molecular flexibility index (Phi) is 3.09. The van der Waals surface area contributed by atoms with Gasteiger partial charge in [0.2, 0.25) is 5.24 Å². The van der Waals surface area contributed by atoms with E-state index in [1.54, 1.807) is 12.1 Å². The van der Waals surface area contributed by atoms with Crippen molar-refractivity contribution < 1.29 is 4.79 Å². The summed E-state index contributed by atoms with van der Waals surface area (Å²) in [5, 5.41) is -0.487. The van der Waals surface area contributed by atoms with Crippen molar-refractivity contribution in [1.82, 2.24) is 0 Å². The number of halogens is 1. The zero-order valence-electron chi connectivity index (χ0n) is 7.25. The Labute approximate surface area is 82.0 Å². The number of aryl methyl sites for hydroxylation is 1. The van der Waals surface area contributed by atoms with Crippen molar-refractivity contribution in [3.05, 3.63) is 35.4 Å². The van der Waals surface area contributed by atoms with Crippen LogP contribution in [0.1, 0.15) is 11.1 Å². The third kappa shape index (κ3) is 2.92. The fourth-order valence-corrected chi connectivity index (χ4v) is 0.987. The van der Waals surface area contributed by atoms with Gasteiger partial charge in [-0.2, -0.15) is 0 Å². The van der Waals surface area contributed by atoms with Gasteiger partial charge in [-0.05, 0) is 41.8 Å². The van der Waals surface area contributed by atoms with Gasteiger partial charge in [0.25, 0.3) is 0 Å². The summed E-state index contributed by atoms with van der Waals surface area (Å²) in [5.41, 5.74) is 8.28. The second-order valence-electron chi connectivity index (χ2n) is 2.75. The largest absolute Gasteiger partial charge is 0.398 e. The zero-order valence-corrected chi connectivity index (χ0v) is 8.01. The van der Waals surface area contributed by atoms with E-state index in [0.717, 1.165) is 11.1 Å². The van der Waals surface area contributed by atoms with E-state index in [0.29, 0.717) is 5.69 Å². The molecule has 0 unspecified atom stereocenters. The van der Waals surface area contributed by atoms with Gasteiger partial charge in [0.05, 0.1) is 0 Å². The molecule has 2 N–H and O–H groups in total. The first-order valence-electron chi connectivity index (χ1n) is 3.83. The van der Waals surface area contributed by atoms with Gasteiger partial charge in [-0.15, -0.1) is 0 Å². The lowest BCUT2D eigenvalue weighted by Gasteiger charge is -1.99. The van der Waals surface area contributed by atoms with E-state index in [-0.39, 0.29) is 0 Å². The van der Waals surface area contributed by atoms with Gasteiger partial charge in [-0.3, -0.25) is 4.79 Å². The zero-order chi connectivity index (χ0) is 9.84. The number of anilines is 1. The van der Waals surface area contributed by atoms with Gasteiger partial charge in [-0.25, -0.2) is 0 Å². The van der Waals surface area contributed by atoms with Crippen LogP contribution in [0.25, 0.3) is 6.08 Å². The van der Waals surface area contributed by atoms with E-state index in [4.69, 9.17) is 17.3 Å². The highest BCUT2D eigenvalue weighted by atomic mass is 35.5. The molecule has 13 heavy (non-hydrogen) atoms. The van der Waals surface area contributed by atoms with Crippen molar-refractivity contribution >= 4 is 28.6 Å². The minimum atomic E-state index is -0.487. The maximum absolute atomic E-state index is 10.4. The average molecular weight is 196 g/mol. The van der Waals surface area contributed by atoms with E-state index < -0.39 is 5.24 Å². The summed E-state index contributed by atoms with van der Waals surface area (Å²) in [7, 11) is 0. The van der Waals surface area contributed by atoms with Crippen LogP contribution in [0.2, 0.25) is 0 Å². The number of benzene rings is 1. The summed E-state index contributed by atoms with van der Waals surface area (Å²) in [4.78, 5) is 10.4. The van der Waals surface area contributed by atoms with Crippen LogP contribution in [-0.2, 0) is 4.79 Å². The quantitative estimate of drug-likeness (QED) is 0.447. The lowest BCUT2D eigenvalue weighted by atomic mass is 10.1. The van der Waals surface area contributed by atoms with Gasteiger partial charge in [0.15, 0.2) is 0 Å². The van der Waals surface area contributed by atoms with Gasteiger partial charge < -0.3 is 5.73 Å². The Morgan fingerprint density at radius 2 is 2.23 bits per heavy atom. The molecule has 1 rings (SSSR count). The third-order valence-electron chi connectivity index (χ3n) is 1.71. The Balaban J connectivity index is 2.92. The van der Waals surface area contributed by atoms with Crippen LogP contribution in [0.4, 0.5) is 5.69 Å². The fraction of sp³-hybridized carbons (Fsp3) is 0.100. The Hall–Kier alpha value is -1.28. The third-order valence-corrected chi connectivity index (χ3v) is 1.84. The SMILES string of the molecule is Cc1ccc(C=CC(=O)Cl)cc1N. The number of nitrogen functional groups attached to an aromatic ring is 1. The number of hydrogen-bond donors (Lipinski definition) is 1. The van der Waals surface area contributed by atoms with Crippen molar-refractivity contribution in [1.29, 1.82) is 0 Å². The monoisotopic (exact) mass is 195 g/mol. The molecule has 0 saturated carbocycles. The molecule has 2 nitrogen and oxygen atoms in total. The lowest BCUT2D eigenvalue weighted by Crippen LogP contribution is -1.89. The number of carbonyl (C=O) groups is 1. The van der Waals surface area contributed by atoms with Crippen molar-refractivity contribution in [3.8, 4) is 0 Å². The molecule has 0 spiro atoms. The predicted molar refractivity (Wildman–Crippen MR) is 55.5 cm³/mol. The Morgan fingerprint density at radius 3 is 2.77 bits per heavy atom. The minimum absolute atomic E-state index is 0.487. The van der Waals surface area contributed by atoms with E-state index in [2.05, 4.69) is 0 Å².